The van der Waals surface area contributed by atoms with Crippen molar-refractivity contribution in [3.8, 4) is 5.75 Å². The molecule has 0 aliphatic carbocycles. The number of aromatic nitrogens is 2. The zero-order valence-electron chi connectivity index (χ0n) is 15.9. The Balaban J connectivity index is 1.52. The fraction of sp³-hybridized carbons (Fsp3) is 0.0455. The molecule has 2 N–H and O–H groups in total. The molecule has 0 saturated heterocycles. The Kier molecular flexibility index (Phi) is 6.13. The molecule has 31 heavy (non-hydrogen) atoms. The highest BCUT2D eigenvalue weighted by Gasteiger charge is 2.09. The number of nitrogens with zero attached hydrogens (tertiary/aromatic N) is 3. The predicted molar refractivity (Wildman–Crippen MR) is 123 cm³/mol. The predicted octanol–water partition coefficient (Wildman–Crippen LogP) is 5.51. The van der Waals surface area contributed by atoms with Crippen molar-refractivity contribution in [1.82, 2.24) is 15.0 Å². The SMILES string of the molecule is O=C(N/N=C/c1cccc2c1ccn2Cc1ccc(Cl)c(Cl)n1)c1ccc(O)c(Cl)c1. The van der Waals surface area contributed by atoms with E-state index in [0.29, 0.717) is 17.1 Å². The van der Waals surface area contributed by atoms with Crippen molar-refractivity contribution in [2.45, 2.75) is 6.54 Å². The number of hydrogen-bond donors (Lipinski definition) is 2. The molecule has 0 saturated carbocycles. The Labute approximate surface area is 192 Å². The number of fused-ring (bicyclic) bond motifs is 1. The summed E-state index contributed by atoms with van der Waals surface area (Å²) in [6, 6.07) is 15.5. The smallest absolute Gasteiger partial charge is 0.271 e. The van der Waals surface area contributed by atoms with Gasteiger partial charge in [-0.25, -0.2) is 10.4 Å². The molecule has 2 heterocycles. The van der Waals surface area contributed by atoms with Gasteiger partial charge in [0.15, 0.2) is 0 Å². The molecule has 6 nitrogen and oxygen atoms in total. The van der Waals surface area contributed by atoms with Gasteiger partial charge in [0.1, 0.15) is 10.9 Å². The minimum atomic E-state index is -0.436. The maximum absolute atomic E-state index is 12.2. The highest BCUT2D eigenvalue weighted by atomic mass is 35.5. The first kappa shape index (κ1) is 21.2. The van der Waals surface area contributed by atoms with Crippen LogP contribution in [0.2, 0.25) is 15.2 Å². The summed E-state index contributed by atoms with van der Waals surface area (Å²) in [4.78, 5) is 16.5. The van der Waals surface area contributed by atoms with Crippen LogP contribution in [0.4, 0.5) is 0 Å². The molecule has 2 aromatic carbocycles. The van der Waals surface area contributed by atoms with Crippen molar-refractivity contribution in [1.29, 1.82) is 0 Å². The molecule has 4 rings (SSSR count). The number of halogens is 3. The van der Waals surface area contributed by atoms with Gasteiger partial charge in [0.2, 0.25) is 0 Å². The van der Waals surface area contributed by atoms with Gasteiger partial charge in [0.05, 0.1) is 28.5 Å². The van der Waals surface area contributed by atoms with Gasteiger partial charge in [-0.05, 0) is 42.5 Å². The summed E-state index contributed by atoms with van der Waals surface area (Å²) in [5.41, 5.74) is 5.35. The fourth-order valence-electron chi connectivity index (χ4n) is 3.09. The van der Waals surface area contributed by atoms with E-state index in [2.05, 4.69) is 15.5 Å². The first-order valence-corrected chi connectivity index (χ1v) is 10.3. The topological polar surface area (TPSA) is 79.5 Å². The standard InChI is InChI=1S/C22H15Cl3N4O2/c23-17-6-5-15(27-21(17)25)12-29-9-8-16-14(2-1-3-19(16)29)11-26-28-22(31)13-4-7-20(30)18(24)10-13/h1-11,30H,12H2,(H,28,31)/b26-11+. The monoisotopic (exact) mass is 472 g/mol. The van der Waals surface area contributed by atoms with Crippen molar-refractivity contribution in [3.05, 3.63) is 92.8 Å². The average molecular weight is 474 g/mol. The van der Waals surface area contributed by atoms with E-state index in [1.54, 1.807) is 12.3 Å². The Morgan fingerprint density at radius 2 is 1.94 bits per heavy atom. The number of pyridine rings is 1. The summed E-state index contributed by atoms with van der Waals surface area (Å²) in [6.07, 6.45) is 3.52. The number of phenolic OH excluding ortho intramolecular Hbond substituents is 1. The van der Waals surface area contributed by atoms with Crippen molar-refractivity contribution in [3.63, 3.8) is 0 Å². The van der Waals surface area contributed by atoms with Gasteiger partial charge >= 0.3 is 0 Å². The summed E-state index contributed by atoms with van der Waals surface area (Å²) < 4.78 is 2.04. The molecule has 0 spiro atoms. The molecule has 0 radical (unpaired) electrons. The minimum Gasteiger partial charge on any atom is -0.506 e. The first-order valence-electron chi connectivity index (χ1n) is 9.13. The van der Waals surface area contributed by atoms with E-state index in [9.17, 15) is 9.90 Å². The van der Waals surface area contributed by atoms with Gasteiger partial charge < -0.3 is 9.67 Å². The lowest BCUT2D eigenvalue weighted by atomic mass is 10.1. The van der Waals surface area contributed by atoms with Crippen LogP contribution < -0.4 is 5.43 Å². The molecule has 1 amide bonds. The van der Waals surface area contributed by atoms with Crippen molar-refractivity contribution >= 4 is 57.8 Å². The Bertz CT molecular complexity index is 1320. The van der Waals surface area contributed by atoms with E-state index in [1.807, 2.05) is 41.1 Å². The van der Waals surface area contributed by atoms with Gasteiger partial charge in [0, 0.05) is 28.2 Å². The molecule has 0 fully saturated rings. The van der Waals surface area contributed by atoms with Crippen LogP contribution in [0.15, 0.2) is 65.9 Å². The van der Waals surface area contributed by atoms with Crippen LogP contribution in [-0.2, 0) is 6.54 Å². The highest BCUT2D eigenvalue weighted by molar-refractivity contribution is 6.41. The number of carbonyl (C=O) groups excluding carboxylic acids is 1. The molecule has 9 heteroatoms. The second-order valence-corrected chi connectivity index (χ2v) is 7.84. The second-order valence-electron chi connectivity index (χ2n) is 6.66. The van der Waals surface area contributed by atoms with E-state index < -0.39 is 5.91 Å². The molecule has 2 aromatic heterocycles. The number of hydrogen-bond acceptors (Lipinski definition) is 4. The molecular weight excluding hydrogens is 459 g/mol. The molecular formula is C22H15Cl3N4O2. The third-order valence-electron chi connectivity index (χ3n) is 4.62. The van der Waals surface area contributed by atoms with Crippen LogP contribution in [-0.4, -0.2) is 26.8 Å². The summed E-state index contributed by atoms with van der Waals surface area (Å²) in [6.45, 7) is 0.527. The van der Waals surface area contributed by atoms with E-state index in [1.165, 1.54) is 18.2 Å². The number of benzene rings is 2. The number of rotatable bonds is 5. The van der Waals surface area contributed by atoms with Crippen LogP contribution in [0.1, 0.15) is 21.6 Å². The number of aromatic hydroxyl groups is 1. The number of nitrogens with one attached hydrogen (secondary N) is 1. The van der Waals surface area contributed by atoms with Gasteiger partial charge in [-0.3, -0.25) is 4.79 Å². The Morgan fingerprint density at radius 3 is 2.71 bits per heavy atom. The highest BCUT2D eigenvalue weighted by Crippen LogP contribution is 2.24. The zero-order chi connectivity index (χ0) is 22.0. The van der Waals surface area contributed by atoms with Crippen LogP contribution in [0, 0.1) is 0 Å². The lowest BCUT2D eigenvalue weighted by molar-refractivity contribution is 0.0955. The number of amides is 1. The molecule has 0 atom stereocenters. The summed E-state index contributed by atoms with van der Waals surface area (Å²) in [5.74, 6) is -0.525. The van der Waals surface area contributed by atoms with Crippen molar-refractivity contribution in [2.75, 3.05) is 0 Å². The van der Waals surface area contributed by atoms with E-state index in [-0.39, 0.29) is 15.9 Å². The van der Waals surface area contributed by atoms with Crippen LogP contribution in [0.3, 0.4) is 0 Å². The summed E-state index contributed by atoms with van der Waals surface area (Å²) in [5, 5.41) is 15.3. The lowest BCUT2D eigenvalue weighted by Crippen LogP contribution is -2.17. The van der Waals surface area contributed by atoms with Gasteiger partial charge in [-0.15, -0.1) is 0 Å². The molecule has 0 aliphatic heterocycles. The number of phenols is 1. The maximum atomic E-state index is 12.2. The van der Waals surface area contributed by atoms with E-state index >= 15 is 0 Å². The summed E-state index contributed by atoms with van der Waals surface area (Å²) >= 11 is 17.8. The Hall–Kier alpha value is -3.06. The van der Waals surface area contributed by atoms with Crippen molar-refractivity contribution < 1.29 is 9.90 Å². The quantitative estimate of drug-likeness (QED) is 0.228. The van der Waals surface area contributed by atoms with Crippen LogP contribution in [0.5, 0.6) is 5.75 Å². The lowest BCUT2D eigenvalue weighted by Gasteiger charge is -2.07. The molecule has 4 aromatic rings. The number of hydrazone groups is 1. The molecule has 0 aliphatic rings. The van der Waals surface area contributed by atoms with Crippen LogP contribution >= 0.6 is 34.8 Å². The average Bonchev–Trinajstić information content (AvgIpc) is 3.16. The fourth-order valence-corrected chi connectivity index (χ4v) is 3.55. The molecule has 0 bridgehead atoms. The summed E-state index contributed by atoms with van der Waals surface area (Å²) in [7, 11) is 0. The zero-order valence-corrected chi connectivity index (χ0v) is 18.2. The Morgan fingerprint density at radius 1 is 1.10 bits per heavy atom. The van der Waals surface area contributed by atoms with Crippen molar-refractivity contribution in [2.24, 2.45) is 5.10 Å². The third-order valence-corrected chi connectivity index (χ3v) is 5.61. The normalized spacial score (nSPS) is 11.3. The number of carbonyl (C=O) groups is 1. The molecule has 0 unspecified atom stereocenters. The molecule has 156 valence electrons. The second kappa shape index (κ2) is 8.98. The third kappa shape index (κ3) is 4.66. The van der Waals surface area contributed by atoms with Crippen LogP contribution in [0.25, 0.3) is 10.9 Å². The minimum absolute atomic E-state index is 0.0889. The van der Waals surface area contributed by atoms with E-state index in [4.69, 9.17) is 34.8 Å². The first-order chi connectivity index (χ1) is 14.9. The van der Waals surface area contributed by atoms with E-state index in [0.717, 1.165) is 22.2 Å². The van der Waals surface area contributed by atoms with Gasteiger partial charge in [-0.1, -0.05) is 46.9 Å². The largest absolute Gasteiger partial charge is 0.506 e. The van der Waals surface area contributed by atoms with Gasteiger partial charge in [-0.2, -0.15) is 5.10 Å². The maximum Gasteiger partial charge on any atom is 0.271 e. The van der Waals surface area contributed by atoms with Gasteiger partial charge in [0.25, 0.3) is 5.91 Å².